The van der Waals surface area contributed by atoms with Gasteiger partial charge >= 0.3 is 11.9 Å². The molecule has 112 valence electrons. The Bertz CT molecular complexity index is 1010. The van der Waals surface area contributed by atoms with Crippen LogP contribution in [0.2, 0.25) is 0 Å². The molecule has 0 aromatic heterocycles. The van der Waals surface area contributed by atoms with Gasteiger partial charge in [-0.25, -0.2) is 9.59 Å². The van der Waals surface area contributed by atoms with Gasteiger partial charge in [0.05, 0.1) is 11.1 Å². The molecule has 0 saturated carbocycles. The summed E-state index contributed by atoms with van der Waals surface area (Å²) >= 11 is 7.01. The van der Waals surface area contributed by atoms with Gasteiger partial charge in [0, 0.05) is 19.9 Å². The lowest BCUT2D eigenvalue weighted by atomic mass is 9.90. The highest BCUT2D eigenvalue weighted by atomic mass is 79.9. The first-order valence-electron chi connectivity index (χ1n) is 6.84. The van der Waals surface area contributed by atoms with Crippen LogP contribution >= 0.6 is 31.9 Å². The summed E-state index contributed by atoms with van der Waals surface area (Å²) in [5.74, 6) is -1.19. The molecule has 0 bridgehead atoms. The van der Waals surface area contributed by atoms with Crippen molar-refractivity contribution in [2.45, 2.75) is 0 Å². The zero-order valence-corrected chi connectivity index (χ0v) is 14.8. The topological polar surface area (TPSA) is 43.4 Å². The van der Waals surface area contributed by atoms with Crippen LogP contribution in [0.15, 0.2) is 57.5 Å². The number of fused-ring (bicyclic) bond motifs is 2. The number of carbonyl (C=O) groups is 2. The highest BCUT2D eigenvalue weighted by molar-refractivity contribution is 9.11. The summed E-state index contributed by atoms with van der Waals surface area (Å²) in [6.45, 7) is 0. The molecule has 0 saturated heterocycles. The molecule has 0 unspecified atom stereocenters. The molecule has 23 heavy (non-hydrogen) atoms. The van der Waals surface area contributed by atoms with Crippen LogP contribution < -0.4 is 0 Å². The maximum atomic E-state index is 12.2. The molecule has 4 rings (SSSR count). The highest BCUT2D eigenvalue weighted by Gasteiger charge is 2.34. The van der Waals surface area contributed by atoms with Gasteiger partial charge < -0.3 is 4.74 Å². The Morgan fingerprint density at radius 2 is 1.61 bits per heavy atom. The molecule has 5 heteroatoms. The van der Waals surface area contributed by atoms with Crippen LogP contribution in [-0.2, 0) is 4.74 Å². The van der Waals surface area contributed by atoms with Crippen molar-refractivity contribution in [1.29, 1.82) is 0 Å². The lowest BCUT2D eigenvalue weighted by Gasteiger charge is -2.12. The van der Waals surface area contributed by atoms with Crippen molar-refractivity contribution in [3.63, 3.8) is 0 Å². The molecule has 1 aliphatic rings. The summed E-state index contributed by atoms with van der Waals surface area (Å²) in [4.78, 5) is 24.2. The molecule has 1 aliphatic heterocycles. The molecule has 3 nitrogen and oxygen atoms in total. The normalized spacial score (nSPS) is 13.3. The van der Waals surface area contributed by atoms with Gasteiger partial charge in [0.15, 0.2) is 0 Å². The number of rotatable bonds is 1. The maximum Gasteiger partial charge on any atom is 0.347 e. The number of carbonyl (C=O) groups excluding carboxylic acids is 2. The van der Waals surface area contributed by atoms with E-state index in [2.05, 4.69) is 31.9 Å². The van der Waals surface area contributed by atoms with Crippen molar-refractivity contribution in [3.8, 4) is 11.1 Å². The molecule has 0 spiro atoms. The van der Waals surface area contributed by atoms with E-state index in [-0.39, 0.29) is 0 Å². The number of cyclic esters (lactones) is 2. The van der Waals surface area contributed by atoms with E-state index in [1.54, 1.807) is 6.07 Å². The van der Waals surface area contributed by atoms with Gasteiger partial charge in [-0.15, -0.1) is 0 Å². The Labute approximate surface area is 148 Å². The summed E-state index contributed by atoms with van der Waals surface area (Å²) < 4.78 is 6.59. The van der Waals surface area contributed by atoms with Crippen LogP contribution in [0.1, 0.15) is 20.7 Å². The van der Waals surface area contributed by atoms with Crippen LogP contribution in [0, 0.1) is 0 Å². The van der Waals surface area contributed by atoms with E-state index in [0.29, 0.717) is 16.7 Å². The van der Waals surface area contributed by atoms with Crippen LogP contribution in [0.25, 0.3) is 21.9 Å². The monoisotopic (exact) mass is 430 g/mol. The molecule has 0 fully saturated rings. The number of halogens is 2. The Balaban J connectivity index is 2.22. The third-order valence-corrected chi connectivity index (χ3v) is 4.99. The van der Waals surface area contributed by atoms with Crippen LogP contribution in [0.5, 0.6) is 0 Å². The number of hydrogen-bond acceptors (Lipinski definition) is 3. The number of benzene rings is 3. The van der Waals surface area contributed by atoms with Gasteiger partial charge in [-0.2, -0.15) is 0 Å². The quantitative estimate of drug-likeness (QED) is 0.385. The zero-order chi connectivity index (χ0) is 16.1. The van der Waals surface area contributed by atoms with E-state index in [1.807, 2.05) is 42.5 Å². The molecule has 3 aromatic carbocycles. The van der Waals surface area contributed by atoms with E-state index in [1.165, 1.54) is 0 Å². The highest BCUT2D eigenvalue weighted by Crippen LogP contribution is 2.41. The van der Waals surface area contributed by atoms with Crippen molar-refractivity contribution in [1.82, 2.24) is 0 Å². The molecule has 3 aromatic rings. The second kappa shape index (κ2) is 5.28. The largest absolute Gasteiger partial charge is 0.386 e. The van der Waals surface area contributed by atoms with Gasteiger partial charge in [0.25, 0.3) is 0 Å². The van der Waals surface area contributed by atoms with Gasteiger partial charge in [-0.1, -0.05) is 56.1 Å². The van der Waals surface area contributed by atoms with Crippen LogP contribution in [-0.4, -0.2) is 11.9 Å². The van der Waals surface area contributed by atoms with Crippen LogP contribution in [0.4, 0.5) is 0 Å². The second-order valence-corrected chi connectivity index (χ2v) is 6.97. The average molecular weight is 432 g/mol. The molecule has 0 aliphatic carbocycles. The van der Waals surface area contributed by atoms with Gasteiger partial charge in [0.2, 0.25) is 0 Å². The molecule has 0 amide bonds. The fourth-order valence-electron chi connectivity index (χ4n) is 2.91. The van der Waals surface area contributed by atoms with Crippen molar-refractivity contribution in [2.24, 2.45) is 0 Å². The Morgan fingerprint density at radius 1 is 0.826 bits per heavy atom. The minimum atomic E-state index is -0.599. The lowest BCUT2D eigenvalue weighted by Crippen LogP contribution is -1.99. The molecular weight excluding hydrogens is 424 g/mol. The summed E-state index contributed by atoms with van der Waals surface area (Å²) in [7, 11) is 0. The van der Waals surface area contributed by atoms with Crippen LogP contribution in [0.3, 0.4) is 0 Å². The predicted molar refractivity (Wildman–Crippen MR) is 94.5 cm³/mol. The van der Waals surface area contributed by atoms with E-state index < -0.39 is 11.9 Å². The van der Waals surface area contributed by atoms with E-state index >= 15 is 0 Å². The Hall–Kier alpha value is -1.98. The SMILES string of the molecule is O=C1OC(=O)c2c1cc1cccc(Br)c1c2-c1cccc(Br)c1. The van der Waals surface area contributed by atoms with Crippen molar-refractivity contribution >= 4 is 54.6 Å². The summed E-state index contributed by atoms with van der Waals surface area (Å²) in [5, 5.41) is 1.76. The van der Waals surface area contributed by atoms with E-state index in [4.69, 9.17) is 4.74 Å². The summed E-state index contributed by atoms with van der Waals surface area (Å²) in [5.41, 5.74) is 2.20. The van der Waals surface area contributed by atoms with E-state index in [9.17, 15) is 9.59 Å². The minimum absolute atomic E-state index is 0.315. The molecule has 1 heterocycles. The standard InChI is InChI=1S/C18H8Br2O3/c19-11-5-1-3-9(7-11)15-14-10(4-2-6-13(14)20)8-12-16(15)18(22)23-17(12)21/h1-8H. The molecule has 0 atom stereocenters. The Kier molecular flexibility index (Phi) is 3.36. The first-order chi connectivity index (χ1) is 11.1. The number of hydrogen-bond donors (Lipinski definition) is 0. The molecule has 0 radical (unpaired) electrons. The maximum absolute atomic E-state index is 12.2. The summed E-state index contributed by atoms with van der Waals surface area (Å²) in [6.07, 6.45) is 0. The lowest BCUT2D eigenvalue weighted by molar-refractivity contribution is 0.0444. The molecule has 0 N–H and O–H groups in total. The Morgan fingerprint density at radius 3 is 2.39 bits per heavy atom. The van der Waals surface area contributed by atoms with Crippen molar-refractivity contribution in [3.05, 3.63) is 68.6 Å². The number of ether oxygens (including phenoxy) is 1. The predicted octanol–water partition coefficient (Wildman–Crippen LogP) is 5.34. The van der Waals surface area contributed by atoms with Gasteiger partial charge in [-0.05, 0) is 35.2 Å². The number of esters is 2. The smallest absolute Gasteiger partial charge is 0.347 e. The van der Waals surface area contributed by atoms with Crippen molar-refractivity contribution < 1.29 is 14.3 Å². The van der Waals surface area contributed by atoms with Gasteiger partial charge in [0.1, 0.15) is 0 Å². The second-order valence-electron chi connectivity index (χ2n) is 5.20. The zero-order valence-electron chi connectivity index (χ0n) is 11.6. The fourth-order valence-corrected chi connectivity index (χ4v) is 3.89. The van der Waals surface area contributed by atoms with Gasteiger partial charge in [-0.3, -0.25) is 0 Å². The van der Waals surface area contributed by atoms with Crippen molar-refractivity contribution in [2.75, 3.05) is 0 Å². The van der Waals surface area contributed by atoms with E-state index in [0.717, 1.165) is 25.3 Å². The third kappa shape index (κ3) is 2.23. The fraction of sp³-hybridized carbons (Fsp3) is 0. The summed E-state index contributed by atoms with van der Waals surface area (Å²) in [6, 6.07) is 15.1. The molecular formula is C18H8Br2O3. The minimum Gasteiger partial charge on any atom is -0.386 e. The first kappa shape index (κ1) is 14.6. The third-order valence-electron chi connectivity index (χ3n) is 3.84. The first-order valence-corrected chi connectivity index (χ1v) is 8.42. The average Bonchev–Trinajstić information content (AvgIpc) is 2.80.